The van der Waals surface area contributed by atoms with Crippen LogP contribution < -0.4 is 5.32 Å². The van der Waals surface area contributed by atoms with E-state index in [0.717, 1.165) is 50.7 Å². The largest absolute Gasteiger partial charge is 0.338 e. The molecule has 21 heavy (non-hydrogen) atoms. The third kappa shape index (κ3) is 5.93. The normalized spacial score (nSPS) is 16.4. The maximum absolute atomic E-state index is 5.41. The van der Waals surface area contributed by atoms with Gasteiger partial charge in [0.2, 0.25) is 5.89 Å². The van der Waals surface area contributed by atoms with Gasteiger partial charge in [-0.2, -0.15) is 4.98 Å². The minimum Gasteiger partial charge on any atom is -0.338 e. The molecule has 1 aliphatic heterocycles. The SMILES string of the molecule is CCCN(Cc1nc(CC(C)C)no1)C1CCNCC1.Cl. The molecule has 122 valence electrons. The van der Waals surface area contributed by atoms with Crippen LogP contribution in [-0.2, 0) is 13.0 Å². The summed E-state index contributed by atoms with van der Waals surface area (Å²) in [6.45, 7) is 10.7. The topological polar surface area (TPSA) is 54.2 Å². The van der Waals surface area contributed by atoms with Crippen molar-refractivity contribution in [3.63, 3.8) is 0 Å². The lowest BCUT2D eigenvalue weighted by atomic mass is 10.0. The Morgan fingerprint density at radius 2 is 2.05 bits per heavy atom. The number of nitrogens with zero attached hydrogens (tertiary/aromatic N) is 3. The molecule has 1 aliphatic rings. The Hall–Kier alpha value is -0.650. The highest BCUT2D eigenvalue weighted by Gasteiger charge is 2.22. The lowest BCUT2D eigenvalue weighted by Crippen LogP contribution is -2.43. The molecule has 1 fully saturated rings. The minimum atomic E-state index is 0. The molecule has 1 saturated heterocycles. The van der Waals surface area contributed by atoms with Crippen LogP contribution in [0.25, 0.3) is 0 Å². The van der Waals surface area contributed by atoms with Gasteiger partial charge in [0, 0.05) is 12.5 Å². The van der Waals surface area contributed by atoms with Gasteiger partial charge in [-0.3, -0.25) is 4.90 Å². The van der Waals surface area contributed by atoms with Gasteiger partial charge in [-0.1, -0.05) is 25.9 Å². The van der Waals surface area contributed by atoms with Gasteiger partial charge in [0.1, 0.15) is 0 Å². The van der Waals surface area contributed by atoms with Crippen molar-refractivity contribution in [2.45, 2.75) is 59.0 Å². The van der Waals surface area contributed by atoms with Crippen LogP contribution in [0.4, 0.5) is 0 Å². The maximum atomic E-state index is 5.41. The Morgan fingerprint density at radius 3 is 2.67 bits per heavy atom. The molecule has 0 unspecified atom stereocenters. The second-order valence-corrected chi connectivity index (χ2v) is 6.15. The summed E-state index contributed by atoms with van der Waals surface area (Å²) in [5.74, 6) is 2.18. The van der Waals surface area contributed by atoms with Crippen LogP contribution in [0.5, 0.6) is 0 Å². The van der Waals surface area contributed by atoms with Crippen LogP contribution in [0, 0.1) is 5.92 Å². The van der Waals surface area contributed by atoms with Crippen molar-refractivity contribution in [2.24, 2.45) is 5.92 Å². The summed E-state index contributed by atoms with van der Waals surface area (Å²) >= 11 is 0. The van der Waals surface area contributed by atoms with Crippen molar-refractivity contribution in [3.05, 3.63) is 11.7 Å². The maximum Gasteiger partial charge on any atom is 0.240 e. The van der Waals surface area contributed by atoms with E-state index in [1.54, 1.807) is 0 Å². The molecule has 1 aromatic heterocycles. The number of halogens is 1. The quantitative estimate of drug-likeness (QED) is 0.838. The molecule has 2 rings (SSSR count). The van der Waals surface area contributed by atoms with Gasteiger partial charge >= 0.3 is 0 Å². The van der Waals surface area contributed by atoms with Crippen LogP contribution in [-0.4, -0.2) is 40.7 Å². The number of hydrogen-bond donors (Lipinski definition) is 1. The lowest BCUT2D eigenvalue weighted by molar-refractivity contribution is 0.137. The standard InChI is InChI=1S/C15H28N4O.ClH/c1-4-9-19(13-5-7-16-8-6-13)11-15-17-14(18-20-15)10-12(2)3;/h12-13,16H,4-11H2,1-3H3;1H. The molecular weight excluding hydrogens is 288 g/mol. The molecule has 6 heteroatoms. The molecule has 0 radical (unpaired) electrons. The van der Waals surface area contributed by atoms with Gasteiger partial charge < -0.3 is 9.84 Å². The predicted octanol–water partition coefficient (Wildman–Crippen LogP) is 2.65. The first-order valence-electron chi connectivity index (χ1n) is 7.95. The Labute approximate surface area is 134 Å². The third-order valence-corrected chi connectivity index (χ3v) is 3.78. The molecule has 1 aromatic rings. The summed E-state index contributed by atoms with van der Waals surface area (Å²) < 4.78 is 5.41. The fraction of sp³-hybridized carbons (Fsp3) is 0.867. The van der Waals surface area contributed by atoms with E-state index in [-0.39, 0.29) is 12.4 Å². The Balaban J connectivity index is 0.00000220. The number of piperidine rings is 1. The van der Waals surface area contributed by atoms with Gasteiger partial charge in [0.25, 0.3) is 0 Å². The highest BCUT2D eigenvalue weighted by Crippen LogP contribution is 2.16. The highest BCUT2D eigenvalue weighted by atomic mass is 35.5. The van der Waals surface area contributed by atoms with Gasteiger partial charge in [0.15, 0.2) is 5.82 Å². The molecule has 5 nitrogen and oxygen atoms in total. The van der Waals surface area contributed by atoms with E-state index in [1.807, 2.05) is 0 Å². The van der Waals surface area contributed by atoms with E-state index in [9.17, 15) is 0 Å². The Bertz CT molecular complexity index is 391. The van der Waals surface area contributed by atoms with Gasteiger partial charge in [-0.05, 0) is 44.8 Å². The van der Waals surface area contributed by atoms with Crippen LogP contribution in [0.1, 0.15) is 51.7 Å². The fourth-order valence-electron chi connectivity index (χ4n) is 2.83. The fourth-order valence-corrected chi connectivity index (χ4v) is 2.83. The van der Waals surface area contributed by atoms with Gasteiger partial charge in [0.05, 0.1) is 6.54 Å². The van der Waals surface area contributed by atoms with Crippen LogP contribution in [0.15, 0.2) is 4.52 Å². The van der Waals surface area contributed by atoms with E-state index in [2.05, 4.69) is 41.1 Å². The van der Waals surface area contributed by atoms with E-state index in [1.165, 1.54) is 12.8 Å². The zero-order chi connectivity index (χ0) is 14.4. The molecule has 0 amide bonds. The molecular formula is C15H29ClN4O. The first-order valence-corrected chi connectivity index (χ1v) is 7.95. The smallest absolute Gasteiger partial charge is 0.240 e. The molecule has 2 heterocycles. The lowest BCUT2D eigenvalue weighted by Gasteiger charge is -2.33. The number of hydrogen-bond acceptors (Lipinski definition) is 5. The first kappa shape index (κ1) is 18.4. The molecule has 0 atom stereocenters. The van der Waals surface area contributed by atoms with Crippen molar-refractivity contribution in [3.8, 4) is 0 Å². The van der Waals surface area contributed by atoms with E-state index < -0.39 is 0 Å². The zero-order valence-electron chi connectivity index (χ0n) is 13.5. The van der Waals surface area contributed by atoms with Crippen LogP contribution in [0.3, 0.4) is 0 Å². The second kappa shape index (κ2) is 9.38. The monoisotopic (exact) mass is 316 g/mol. The molecule has 0 spiro atoms. The van der Waals surface area contributed by atoms with E-state index in [4.69, 9.17) is 4.52 Å². The second-order valence-electron chi connectivity index (χ2n) is 6.15. The van der Waals surface area contributed by atoms with Crippen molar-refractivity contribution in [1.82, 2.24) is 20.4 Å². The van der Waals surface area contributed by atoms with Gasteiger partial charge in [-0.15, -0.1) is 12.4 Å². The highest BCUT2D eigenvalue weighted by molar-refractivity contribution is 5.85. The van der Waals surface area contributed by atoms with Gasteiger partial charge in [-0.25, -0.2) is 0 Å². The van der Waals surface area contributed by atoms with Crippen molar-refractivity contribution in [2.75, 3.05) is 19.6 Å². The summed E-state index contributed by atoms with van der Waals surface area (Å²) in [5, 5.41) is 7.51. The summed E-state index contributed by atoms with van der Waals surface area (Å²) in [7, 11) is 0. The van der Waals surface area contributed by atoms with E-state index in [0.29, 0.717) is 12.0 Å². The first-order chi connectivity index (χ1) is 9.69. The molecule has 1 N–H and O–H groups in total. The average Bonchev–Trinajstić information content (AvgIpc) is 2.86. The summed E-state index contributed by atoms with van der Waals surface area (Å²) in [6, 6.07) is 0.650. The molecule has 0 saturated carbocycles. The number of nitrogens with one attached hydrogen (secondary N) is 1. The van der Waals surface area contributed by atoms with Crippen molar-refractivity contribution >= 4 is 12.4 Å². The van der Waals surface area contributed by atoms with Crippen LogP contribution >= 0.6 is 12.4 Å². The third-order valence-electron chi connectivity index (χ3n) is 3.78. The van der Waals surface area contributed by atoms with Crippen molar-refractivity contribution < 1.29 is 4.52 Å². The van der Waals surface area contributed by atoms with Crippen molar-refractivity contribution in [1.29, 1.82) is 0 Å². The van der Waals surface area contributed by atoms with Crippen LogP contribution in [0.2, 0.25) is 0 Å². The predicted molar refractivity (Wildman–Crippen MR) is 86.7 cm³/mol. The van der Waals surface area contributed by atoms with E-state index >= 15 is 0 Å². The molecule has 0 aromatic carbocycles. The number of rotatable bonds is 7. The Morgan fingerprint density at radius 1 is 1.33 bits per heavy atom. The summed E-state index contributed by atoms with van der Waals surface area (Å²) in [4.78, 5) is 7.04. The molecule has 0 aliphatic carbocycles. The number of aromatic nitrogens is 2. The summed E-state index contributed by atoms with van der Waals surface area (Å²) in [5.41, 5.74) is 0. The average molecular weight is 317 g/mol. The zero-order valence-corrected chi connectivity index (χ0v) is 14.3. The minimum absolute atomic E-state index is 0. The molecule has 0 bridgehead atoms. The Kier molecular flexibility index (Phi) is 8.22. The summed E-state index contributed by atoms with van der Waals surface area (Å²) in [6.07, 6.45) is 4.49.